The maximum atomic E-state index is 8.96. The van der Waals surface area contributed by atoms with E-state index in [1.807, 2.05) is 31.2 Å². The molecule has 1 aromatic carbocycles. The average molecular weight is 194 g/mol. The average Bonchev–Trinajstić information content (AvgIpc) is 2.30. The lowest BCUT2D eigenvalue weighted by Gasteiger charge is -2.03. The molecule has 0 unspecified atom stereocenters. The van der Waals surface area contributed by atoms with Crippen LogP contribution in [0.4, 0.5) is 0 Å². The molecule has 0 saturated carbocycles. The summed E-state index contributed by atoms with van der Waals surface area (Å²) in [6, 6.07) is 12.0. The Morgan fingerprint density at radius 1 is 1.13 bits per heavy atom. The van der Waals surface area contributed by atoms with E-state index in [0.717, 1.165) is 11.1 Å². The Kier molecular flexibility index (Phi) is 2.47. The van der Waals surface area contributed by atoms with Gasteiger partial charge in [0.15, 0.2) is 0 Å². The van der Waals surface area contributed by atoms with Crippen LogP contribution in [0, 0.1) is 18.3 Å². The van der Waals surface area contributed by atoms with Gasteiger partial charge in [-0.05, 0) is 18.6 Å². The molecule has 1 heterocycles. The molecular weight excluding hydrogens is 184 g/mol. The number of nitriles is 1. The van der Waals surface area contributed by atoms with Crippen LogP contribution in [0.25, 0.3) is 11.1 Å². The van der Waals surface area contributed by atoms with E-state index in [2.05, 4.69) is 11.1 Å². The summed E-state index contributed by atoms with van der Waals surface area (Å²) in [5.74, 6) is 0. The lowest BCUT2D eigenvalue weighted by atomic mass is 10.0. The fourth-order valence-corrected chi connectivity index (χ4v) is 1.46. The first-order chi connectivity index (χ1) is 7.31. The zero-order valence-corrected chi connectivity index (χ0v) is 8.44. The number of hydrogen-bond acceptors (Lipinski definition) is 2. The van der Waals surface area contributed by atoms with Crippen LogP contribution in [0.2, 0.25) is 0 Å². The first-order valence-electron chi connectivity index (χ1n) is 4.72. The molecule has 0 atom stereocenters. The predicted octanol–water partition coefficient (Wildman–Crippen LogP) is 2.93. The van der Waals surface area contributed by atoms with E-state index in [9.17, 15) is 0 Å². The molecule has 0 saturated heterocycles. The third-order valence-electron chi connectivity index (χ3n) is 2.30. The summed E-state index contributed by atoms with van der Waals surface area (Å²) in [5.41, 5.74) is 3.79. The van der Waals surface area contributed by atoms with Gasteiger partial charge in [0.1, 0.15) is 0 Å². The molecule has 0 aliphatic rings. The first kappa shape index (κ1) is 9.42. The van der Waals surface area contributed by atoms with Gasteiger partial charge in [-0.2, -0.15) is 5.26 Å². The monoisotopic (exact) mass is 194 g/mol. The van der Waals surface area contributed by atoms with E-state index in [0.29, 0.717) is 5.56 Å². The van der Waals surface area contributed by atoms with Crippen LogP contribution < -0.4 is 0 Å². The fraction of sp³-hybridized carbons (Fsp3) is 0.0769. The van der Waals surface area contributed by atoms with E-state index in [-0.39, 0.29) is 0 Å². The van der Waals surface area contributed by atoms with Crippen molar-refractivity contribution in [1.29, 1.82) is 5.26 Å². The minimum absolute atomic E-state index is 0.661. The molecule has 0 bridgehead atoms. The third kappa shape index (κ3) is 1.87. The Morgan fingerprint density at radius 2 is 1.87 bits per heavy atom. The second kappa shape index (κ2) is 3.93. The maximum absolute atomic E-state index is 8.96. The number of aryl methyl sites for hydroxylation is 1. The van der Waals surface area contributed by atoms with Gasteiger partial charge < -0.3 is 0 Å². The van der Waals surface area contributed by atoms with Crippen LogP contribution in [0.3, 0.4) is 0 Å². The molecule has 2 rings (SSSR count). The molecule has 1 aromatic heterocycles. The quantitative estimate of drug-likeness (QED) is 0.699. The van der Waals surface area contributed by atoms with E-state index in [4.69, 9.17) is 5.26 Å². The number of benzene rings is 1. The van der Waals surface area contributed by atoms with Crippen LogP contribution in [-0.2, 0) is 0 Å². The third-order valence-corrected chi connectivity index (χ3v) is 2.30. The summed E-state index contributed by atoms with van der Waals surface area (Å²) in [6.45, 7) is 2.04. The smallest absolute Gasteiger partial charge is 0.0999 e. The summed E-state index contributed by atoms with van der Waals surface area (Å²) in [4.78, 5) is 4.04. The minimum Gasteiger partial charge on any atom is -0.264 e. The lowest BCUT2D eigenvalue weighted by Crippen LogP contribution is -1.85. The molecule has 0 fully saturated rings. The highest BCUT2D eigenvalue weighted by molar-refractivity contribution is 5.69. The van der Waals surface area contributed by atoms with Crippen molar-refractivity contribution in [2.24, 2.45) is 0 Å². The van der Waals surface area contributed by atoms with Crippen LogP contribution >= 0.6 is 0 Å². The van der Waals surface area contributed by atoms with Gasteiger partial charge in [0, 0.05) is 18.0 Å². The molecule has 0 amide bonds. The molecule has 72 valence electrons. The van der Waals surface area contributed by atoms with Gasteiger partial charge in [-0.3, -0.25) is 4.98 Å². The van der Waals surface area contributed by atoms with Gasteiger partial charge in [0.25, 0.3) is 0 Å². The van der Waals surface area contributed by atoms with Gasteiger partial charge in [0.05, 0.1) is 11.6 Å². The van der Waals surface area contributed by atoms with Crippen molar-refractivity contribution in [2.75, 3.05) is 0 Å². The first-order valence-corrected chi connectivity index (χ1v) is 4.72. The summed E-state index contributed by atoms with van der Waals surface area (Å²) < 4.78 is 0. The minimum atomic E-state index is 0.661. The molecule has 0 spiro atoms. The molecule has 0 aliphatic carbocycles. The number of hydrogen-bond donors (Lipinski definition) is 0. The van der Waals surface area contributed by atoms with Gasteiger partial charge in [-0.1, -0.05) is 29.8 Å². The van der Waals surface area contributed by atoms with Crippen LogP contribution in [0.5, 0.6) is 0 Å². The molecule has 15 heavy (non-hydrogen) atoms. The van der Waals surface area contributed by atoms with Crippen molar-refractivity contribution < 1.29 is 0 Å². The van der Waals surface area contributed by atoms with Gasteiger partial charge in [-0.25, -0.2) is 0 Å². The fourth-order valence-electron chi connectivity index (χ4n) is 1.46. The number of aromatic nitrogens is 1. The molecule has 0 aliphatic heterocycles. The van der Waals surface area contributed by atoms with E-state index in [1.165, 1.54) is 5.56 Å². The maximum Gasteiger partial charge on any atom is 0.0999 e. The van der Waals surface area contributed by atoms with Crippen molar-refractivity contribution in [3.05, 3.63) is 53.9 Å². The largest absolute Gasteiger partial charge is 0.264 e. The highest BCUT2D eigenvalue weighted by Crippen LogP contribution is 2.22. The second-order valence-electron chi connectivity index (χ2n) is 3.40. The summed E-state index contributed by atoms with van der Waals surface area (Å²) in [6.07, 6.45) is 3.36. The van der Waals surface area contributed by atoms with Crippen molar-refractivity contribution in [3.8, 4) is 17.2 Å². The topological polar surface area (TPSA) is 36.7 Å². The summed E-state index contributed by atoms with van der Waals surface area (Å²) in [5, 5.41) is 8.96. The predicted molar refractivity (Wildman–Crippen MR) is 59.1 cm³/mol. The summed E-state index contributed by atoms with van der Waals surface area (Å²) >= 11 is 0. The molecule has 0 radical (unpaired) electrons. The Labute approximate surface area is 88.8 Å². The van der Waals surface area contributed by atoms with Crippen molar-refractivity contribution in [1.82, 2.24) is 4.98 Å². The Hall–Kier alpha value is -2.14. The van der Waals surface area contributed by atoms with Crippen molar-refractivity contribution >= 4 is 0 Å². The molecule has 2 aromatic rings. The Balaban J connectivity index is 2.55. The van der Waals surface area contributed by atoms with E-state index < -0.39 is 0 Å². The van der Waals surface area contributed by atoms with Gasteiger partial charge in [-0.15, -0.1) is 0 Å². The zero-order chi connectivity index (χ0) is 10.7. The molecular formula is C13H10N2. The molecule has 2 nitrogen and oxygen atoms in total. The molecule has 2 heteroatoms. The Morgan fingerprint density at radius 3 is 2.53 bits per heavy atom. The van der Waals surface area contributed by atoms with Crippen LogP contribution in [0.15, 0.2) is 42.7 Å². The second-order valence-corrected chi connectivity index (χ2v) is 3.40. The molecule has 0 N–H and O–H groups in total. The van der Waals surface area contributed by atoms with Crippen LogP contribution in [-0.4, -0.2) is 4.98 Å². The number of nitrogens with zero attached hydrogens (tertiary/aromatic N) is 2. The van der Waals surface area contributed by atoms with Crippen molar-refractivity contribution in [3.63, 3.8) is 0 Å². The zero-order valence-electron chi connectivity index (χ0n) is 8.44. The van der Waals surface area contributed by atoms with Gasteiger partial charge in [0.2, 0.25) is 0 Å². The normalized spacial score (nSPS) is 9.60. The van der Waals surface area contributed by atoms with E-state index in [1.54, 1.807) is 18.5 Å². The SMILES string of the molecule is Cc1ccc(-c2cnccc2C#N)cc1. The highest BCUT2D eigenvalue weighted by Gasteiger charge is 2.03. The Bertz CT molecular complexity index is 507. The van der Waals surface area contributed by atoms with E-state index >= 15 is 0 Å². The summed E-state index contributed by atoms with van der Waals surface area (Å²) in [7, 11) is 0. The lowest BCUT2D eigenvalue weighted by molar-refractivity contribution is 1.31. The number of rotatable bonds is 1. The van der Waals surface area contributed by atoms with Gasteiger partial charge >= 0.3 is 0 Å². The highest BCUT2D eigenvalue weighted by atomic mass is 14.6. The number of pyridine rings is 1. The van der Waals surface area contributed by atoms with Crippen LogP contribution in [0.1, 0.15) is 11.1 Å². The van der Waals surface area contributed by atoms with Crippen molar-refractivity contribution in [2.45, 2.75) is 6.92 Å². The standard InChI is InChI=1S/C13H10N2/c1-10-2-4-11(5-3-10)13-9-15-7-6-12(13)8-14/h2-7,9H,1H3.